The van der Waals surface area contributed by atoms with Crippen LogP contribution in [-0.2, 0) is 14.6 Å². The highest BCUT2D eigenvalue weighted by atomic mass is 35.5. The number of nitrogen functional groups attached to an aromatic ring is 1. The largest absolute Gasteiger partial charge is 0.411 e. The number of halogens is 4. The van der Waals surface area contributed by atoms with Gasteiger partial charge in [-0.1, -0.05) is 11.6 Å². The summed E-state index contributed by atoms with van der Waals surface area (Å²) in [6.07, 6.45) is -4.49. The summed E-state index contributed by atoms with van der Waals surface area (Å²) in [6.45, 7) is -1.70. The molecule has 0 aliphatic heterocycles. The van der Waals surface area contributed by atoms with Gasteiger partial charge in [-0.05, 0) is 24.6 Å². The SMILES string of the molecule is Nc1ccc(Cl)cc1S(=O)(=O)CCCOCC(F)(F)F. The summed E-state index contributed by atoms with van der Waals surface area (Å²) in [5.74, 6) is -0.366. The number of alkyl halides is 3. The maximum atomic E-state index is 11.9. The van der Waals surface area contributed by atoms with Gasteiger partial charge in [-0.25, -0.2) is 8.42 Å². The number of nitrogens with two attached hydrogens (primary N) is 1. The van der Waals surface area contributed by atoms with Crippen molar-refractivity contribution in [1.82, 2.24) is 0 Å². The fourth-order valence-corrected chi connectivity index (χ4v) is 3.11. The first-order chi connectivity index (χ1) is 9.12. The molecule has 0 spiro atoms. The van der Waals surface area contributed by atoms with Crippen molar-refractivity contribution >= 4 is 27.1 Å². The summed E-state index contributed by atoms with van der Waals surface area (Å²) >= 11 is 5.69. The van der Waals surface area contributed by atoms with Gasteiger partial charge >= 0.3 is 6.18 Å². The molecule has 0 unspecified atom stereocenters. The lowest BCUT2D eigenvalue weighted by Crippen LogP contribution is -2.18. The average molecular weight is 332 g/mol. The van der Waals surface area contributed by atoms with Gasteiger partial charge in [0.15, 0.2) is 9.84 Å². The molecule has 0 bridgehead atoms. The number of sulfone groups is 1. The van der Waals surface area contributed by atoms with Crippen LogP contribution in [0.5, 0.6) is 0 Å². The van der Waals surface area contributed by atoms with Crippen molar-refractivity contribution < 1.29 is 26.3 Å². The van der Waals surface area contributed by atoms with E-state index in [0.717, 1.165) is 0 Å². The van der Waals surface area contributed by atoms with Crippen molar-refractivity contribution in [2.75, 3.05) is 24.7 Å². The monoisotopic (exact) mass is 331 g/mol. The summed E-state index contributed by atoms with van der Waals surface area (Å²) < 4.78 is 63.6. The molecule has 0 saturated carbocycles. The zero-order chi connectivity index (χ0) is 15.4. The Morgan fingerprint density at radius 2 is 1.95 bits per heavy atom. The molecule has 9 heteroatoms. The van der Waals surface area contributed by atoms with E-state index in [1.165, 1.54) is 18.2 Å². The van der Waals surface area contributed by atoms with E-state index >= 15 is 0 Å². The van der Waals surface area contributed by atoms with Crippen LogP contribution in [0.2, 0.25) is 5.02 Å². The average Bonchev–Trinajstić information content (AvgIpc) is 2.30. The van der Waals surface area contributed by atoms with Crippen LogP contribution in [-0.4, -0.2) is 33.6 Å². The molecule has 0 radical (unpaired) electrons. The quantitative estimate of drug-likeness (QED) is 0.642. The van der Waals surface area contributed by atoms with Crippen molar-refractivity contribution in [3.8, 4) is 0 Å². The third kappa shape index (κ3) is 5.56. The smallest absolute Gasteiger partial charge is 0.398 e. The van der Waals surface area contributed by atoms with Gasteiger partial charge < -0.3 is 10.5 Å². The number of anilines is 1. The molecular formula is C11H13ClF3NO3S. The molecule has 0 aromatic heterocycles. The van der Waals surface area contributed by atoms with Crippen molar-refractivity contribution in [3.63, 3.8) is 0 Å². The van der Waals surface area contributed by atoms with E-state index in [1.54, 1.807) is 0 Å². The first-order valence-electron chi connectivity index (χ1n) is 5.54. The van der Waals surface area contributed by atoms with Gasteiger partial charge in [-0.3, -0.25) is 0 Å². The lowest BCUT2D eigenvalue weighted by Gasteiger charge is -2.09. The van der Waals surface area contributed by atoms with Crippen LogP contribution >= 0.6 is 11.6 Å². The Morgan fingerprint density at radius 3 is 2.55 bits per heavy atom. The zero-order valence-electron chi connectivity index (χ0n) is 10.3. The number of hydrogen-bond acceptors (Lipinski definition) is 4. The summed E-state index contributed by atoms with van der Waals surface area (Å²) in [5.41, 5.74) is 5.59. The van der Waals surface area contributed by atoms with E-state index in [-0.39, 0.29) is 34.4 Å². The molecule has 2 N–H and O–H groups in total. The van der Waals surface area contributed by atoms with Crippen LogP contribution in [0.3, 0.4) is 0 Å². The minimum absolute atomic E-state index is 0.0469. The Labute approximate surface area is 119 Å². The number of benzene rings is 1. The molecule has 4 nitrogen and oxygen atoms in total. The highest BCUT2D eigenvalue weighted by Crippen LogP contribution is 2.24. The van der Waals surface area contributed by atoms with Crippen molar-refractivity contribution in [2.45, 2.75) is 17.5 Å². The van der Waals surface area contributed by atoms with Crippen LogP contribution in [0.15, 0.2) is 23.1 Å². The predicted molar refractivity (Wildman–Crippen MR) is 69.4 cm³/mol. The Balaban J connectivity index is 2.56. The molecule has 0 amide bonds. The minimum Gasteiger partial charge on any atom is -0.398 e. The second kappa shape index (κ2) is 6.64. The standard InChI is InChI=1S/C11H13ClF3NO3S/c12-8-2-3-9(16)10(6-8)20(17,18)5-1-4-19-7-11(13,14)15/h2-3,6H,1,4-5,7,16H2. The molecule has 1 aromatic carbocycles. The molecule has 0 saturated heterocycles. The molecule has 0 heterocycles. The van der Waals surface area contributed by atoms with E-state index < -0.39 is 22.6 Å². The molecule has 1 rings (SSSR count). The number of hydrogen-bond donors (Lipinski definition) is 1. The first kappa shape index (κ1) is 17.1. The van der Waals surface area contributed by atoms with E-state index in [2.05, 4.69) is 4.74 Å². The van der Waals surface area contributed by atoms with Crippen LogP contribution in [0, 0.1) is 0 Å². The second-order valence-corrected chi connectivity index (χ2v) is 6.54. The van der Waals surface area contributed by atoms with Gasteiger partial charge in [-0.15, -0.1) is 0 Å². The Bertz CT molecular complexity index is 561. The van der Waals surface area contributed by atoms with E-state index in [4.69, 9.17) is 17.3 Å². The molecular weight excluding hydrogens is 319 g/mol. The summed E-state index contributed by atoms with van der Waals surface area (Å²) in [7, 11) is -3.70. The Kier molecular flexibility index (Phi) is 5.67. The van der Waals surface area contributed by atoms with E-state index in [1.807, 2.05) is 0 Å². The topological polar surface area (TPSA) is 69.4 Å². The molecule has 0 atom stereocenters. The fraction of sp³-hybridized carbons (Fsp3) is 0.455. The van der Waals surface area contributed by atoms with E-state index in [9.17, 15) is 21.6 Å². The third-order valence-corrected chi connectivity index (χ3v) is 4.36. The molecule has 0 aliphatic carbocycles. The van der Waals surface area contributed by atoms with Gasteiger partial charge in [0.25, 0.3) is 0 Å². The molecule has 0 fully saturated rings. The third-order valence-electron chi connectivity index (χ3n) is 2.28. The number of ether oxygens (including phenoxy) is 1. The molecule has 114 valence electrons. The highest BCUT2D eigenvalue weighted by molar-refractivity contribution is 7.91. The second-order valence-electron chi connectivity index (χ2n) is 4.02. The molecule has 0 aliphatic rings. The maximum Gasteiger partial charge on any atom is 0.411 e. The Morgan fingerprint density at radius 1 is 1.30 bits per heavy atom. The van der Waals surface area contributed by atoms with Crippen LogP contribution in [0.1, 0.15) is 6.42 Å². The van der Waals surface area contributed by atoms with Gasteiger partial charge in [0.05, 0.1) is 16.3 Å². The Hall–Kier alpha value is -0.990. The van der Waals surface area contributed by atoms with Gasteiger partial charge in [0, 0.05) is 11.6 Å². The zero-order valence-corrected chi connectivity index (χ0v) is 11.9. The summed E-state index contributed by atoms with van der Waals surface area (Å²) in [4.78, 5) is -0.124. The molecule has 20 heavy (non-hydrogen) atoms. The van der Waals surface area contributed by atoms with Gasteiger partial charge in [-0.2, -0.15) is 13.2 Å². The summed E-state index contributed by atoms with van der Waals surface area (Å²) in [6, 6.07) is 4.01. The minimum atomic E-state index is -4.42. The lowest BCUT2D eigenvalue weighted by atomic mass is 10.3. The molecule has 1 aromatic rings. The van der Waals surface area contributed by atoms with Crippen molar-refractivity contribution in [2.24, 2.45) is 0 Å². The van der Waals surface area contributed by atoms with Crippen LogP contribution in [0.4, 0.5) is 18.9 Å². The first-order valence-corrected chi connectivity index (χ1v) is 7.57. The normalized spacial score (nSPS) is 12.6. The van der Waals surface area contributed by atoms with Crippen LogP contribution < -0.4 is 5.73 Å². The van der Waals surface area contributed by atoms with Gasteiger partial charge in [0.2, 0.25) is 0 Å². The summed E-state index contributed by atoms with van der Waals surface area (Å²) in [5, 5.41) is 0.214. The van der Waals surface area contributed by atoms with E-state index in [0.29, 0.717) is 0 Å². The van der Waals surface area contributed by atoms with Crippen molar-refractivity contribution in [3.05, 3.63) is 23.2 Å². The lowest BCUT2D eigenvalue weighted by molar-refractivity contribution is -0.173. The van der Waals surface area contributed by atoms with Crippen LogP contribution in [0.25, 0.3) is 0 Å². The number of rotatable bonds is 6. The van der Waals surface area contributed by atoms with Gasteiger partial charge in [0.1, 0.15) is 6.61 Å². The highest BCUT2D eigenvalue weighted by Gasteiger charge is 2.27. The van der Waals surface area contributed by atoms with Crippen molar-refractivity contribution in [1.29, 1.82) is 0 Å². The maximum absolute atomic E-state index is 11.9. The fourth-order valence-electron chi connectivity index (χ4n) is 1.43. The predicted octanol–water partition coefficient (Wildman–Crippen LogP) is 2.66.